The second-order valence-electron chi connectivity index (χ2n) is 5.14. The molecule has 3 N–H and O–H groups in total. The zero-order chi connectivity index (χ0) is 19.1. The van der Waals surface area contributed by atoms with Crippen LogP contribution in [0.2, 0.25) is 0 Å². The van der Waals surface area contributed by atoms with Crippen molar-refractivity contribution in [2.75, 3.05) is 12.4 Å². The Balaban J connectivity index is 2.24. The maximum atomic E-state index is 12.4. The number of hydrogen-bond acceptors (Lipinski definition) is 6. The van der Waals surface area contributed by atoms with E-state index >= 15 is 0 Å². The normalized spacial score (nSPS) is 11.8. The van der Waals surface area contributed by atoms with E-state index in [-0.39, 0.29) is 22.7 Å². The number of carboxylic acids is 1. The van der Waals surface area contributed by atoms with Crippen LogP contribution in [0.25, 0.3) is 0 Å². The van der Waals surface area contributed by atoms with Gasteiger partial charge < -0.3 is 20.3 Å². The summed E-state index contributed by atoms with van der Waals surface area (Å²) in [6.07, 6.45) is 0. The minimum Gasteiger partial charge on any atom is -0.510 e. The highest BCUT2D eigenvalue weighted by Crippen LogP contribution is 2.24. The summed E-state index contributed by atoms with van der Waals surface area (Å²) in [5.41, 5.74) is 0.360. The molecule has 0 fully saturated rings. The lowest BCUT2D eigenvalue weighted by Crippen LogP contribution is -2.15. The quantitative estimate of drug-likeness (QED) is 0.412. The summed E-state index contributed by atoms with van der Waals surface area (Å²) in [7, 11) is 1.47. The van der Waals surface area contributed by atoms with Gasteiger partial charge in [-0.3, -0.25) is 4.79 Å². The molecule has 0 aromatic heterocycles. The van der Waals surface area contributed by atoms with E-state index in [1.54, 1.807) is 24.3 Å². The van der Waals surface area contributed by atoms with Crippen LogP contribution < -0.4 is 10.1 Å². The van der Waals surface area contributed by atoms with Crippen molar-refractivity contribution in [3.63, 3.8) is 0 Å². The lowest BCUT2D eigenvalue weighted by atomic mass is 10.2. The molecule has 26 heavy (non-hydrogen) atoms. The highest BCUT2D eigenvalue weighted by molar-refractivity contribution is 6.04. The first-order valence-electron chi connectivity index (χ1n) is 7.51. The number of aliphatic hydroxyl groups is 1. The Morgan fingerprint density at radius 3 is 2.46 bits per heavy atom. The first-order chi connectivity index (χ1) is 12.4. The van der Waals surface area contributed by atoms with Crippen molar-refractivity contribution in [1.82, 2.24) is 0 Å². The molecule has 2 aromatic rings. The average molecular weight is 355 g/mol. The molecule has 8 heteroatoms. The predicted molar refractivity (Wildman–Crippen MR) is 94.9 cm³/mol. The van der Waals surface area contributed by atoms with Crippen LogP contribution in [0.3, 0.4) is 0 Å². The van der Waals surface area contributed by atoms with E-state index in [0.29, 0.717) is 11.4 Å². The smallest absolute Gasteiger partial charge is 0.335 e. The molecule has 0 aliphatic carbocycles. The topological polar surface area (TPSA) is 121 Å². The van der Waals surface area contributed by atoms with E-state index in [2.05, 4.69) is 15.5 Å². The number of aromatic carboxylic acids is 1. The van der Waals surface area contributed by atoms with Gasteiger partial charge in [-0.15, -0.1) is 5.11 Å². The average Bonchev–Trinajstić information content (AvgIpc) is 2.62. The number of aliphatic hydroxyl groups excluding tert-OH is 1. The number of ether oxygens (including phenoxy) is 1. The summed E-state index contributed by atoms with van der Waals surface area (Å²) in [6, 6.07) is 12.5. The number of amides is 1. The summed E-state index contributed by atoms with van der Waals surface area (Å²) in [5, 5.41) is 28.9. The van der Waals surface area contributed by atoms with Crippen LogP contribution in [-0.4, -0.2) is 29.2 Å². The number of hydrogen-bond donors (Lipinski definition) is 3. The van der Waals surface area contributed by atoms with Crippen LogP contribution in [0.15, 0.2) is 70.2 Å². The van der Waals surface area contributed by atoms with E-state index in [4.69, 9.17) is 9.84 Å². The number of carbonyl (C=O) groups excluding carboxylic acids is 1. The molecule has 0 saturated heterocycles. The number of azo groups is 1. The Morgan fingerprint density at radius 1 is 1.08 bits per heavy atom. The molecule has 1 amide bonds. The number of carbonyl (C=O) groups is 2. The SMILES string of the molecule is COc1ccccc1NC(=O)/C(N=Nc1cccc(C(=O)O)c1)=C(\C)O. The number of nitrogens with one attached hydrogen (secondary N) is 1. The zero-order valence-electron chi connectivity index (χ0n) is 14.1. The molecule has 2 aromatic carbocycles. The van der Waals surface area contributed by atoms with E-state index in [1.807, 2.05) is 0 Å². The second kappa shape index (κ2) is 8.43. The van der Waals surface area contributed by atoms with E-state index in [0.717, 1.165) is 0 Å². The molecule has 0 aliphatic heterocycles. The molecule has 0 radical (unpaired) electrons. The first kappa shape index (κ1) is 18.7. The maximum absolute atomic E-state index is 12.4. The van der Waals surface area contributed by atoms with E-state index < -0.39 is 11.9 Å². The lowest BCUT2D eigenvalue weighted by Gasteiger charge is -2.09. The van der Waals surface area contributed by atoms with Gasteiger partial charge in [-0.1, -0.05) is 18.2 Å². The predicted octanol–water partition coefficient (Wildman–Crippen LogP) is 3.91. The Kier molecular flexibility index (Phi) is 6.05. The Labute approximate surface area is 149 Å². The van der Waals surface area contributed by atoms with E-state index in [1.165, 1.54) is 38.3 Å². The van der Waals surface area contributed by atoms with Gasteiger partial charge in [0.2, 0.25) is 0 Å². The van der Waals surface area contributed by atoms with Crippen LogP contribution in [0, 0.1) is 0 Å². The number of methoxy groups -OCH3 is 1. The highest BCUT2D eigenvalue weighted by atomic mass is 16.5. The molecule has 134 valence electrons. The standard InChI is InChI=1S/C18H17N3O5/c1-11(22)16(17(23)19-14-8-3-4-9-15(14)26-2)21-20-13-7-5-6-12(10-13)18(24)25/h3-10,22H,1-2H3,(H,19,23)(H,24,25)/b16-11-,21-20?. The molecule has 8 nitrogen and oxygen atoms in total. The number of rotatable bonds is 6. The third-order valence-electron chi connectivity index (χ3n) is 3.27. The number of para-hydroxylation sites is 2. The first-order valence-corrected chi connectivity index (χ1v) is 7.51. The van der Waals surface area contributed by atoms with Gasteiger partial charge in [-0.25, -0.2) is 4.79 Å². The molecule has 0 spiro atoms. The Hall–Kier alpha value is -3.68. The molecule has 0 saturated carbocycles. The van der Waals surface area contributed by atoms with Crippen molar-refractivity contribution in [2.24, 2.45) is 10.2 Å². The molecule has 0 aliphatic rings. The Morgan fingerprint density at radius 2 is 1.81 bits per heavy atom. The van der Waals surface area contributed by atoms with E-state index in [9.17, 15) is 14.7 Å². The summed E-state index contributed by atoms with van der Waals surface area (Å²) in [5.74, 6) is -1.69. The fraction of sp³-hybridized carbons (Fsp3) is 0.111. The minimum absolute atomic E-state index is 0.0335. The molecule has 2 rings (SSSR count). The van der Waals surface area contributed by atoms with Gasteiger partial charge >= 0.3 is 5.97 Å². The van der Waals surface area contributed by atoms with Gasteiger partial charge in [0.25, 0.3) is 5.91 Å². The third kappa shape index (κ3) is 4.67. The van der Waals surface area contributed by atoms with Gasteiger partial charge in [-0.05, 0) is 37.3 Å². The van der Waals surface area contributed by atoms with Crippen LogP contribution in [0.1, 0.15) is 17.3 Å². The highest BCUT2D eigenvalue weighted by Gasteiger charge is 2.15. The second-order valence-corrected chi connectivity index (χ2v) is 5.14. The minimum atomic E-state index is -1.11. The van der Waals surface area contributed by atoms with Gasteiger partial charge in [0, 0.05) is 0 Å². The van der Waals surface area contributed by atoms with Crippen molar-refractivity contribution in [2.45, 2.75) is 6.92 Å². The summed E-state index contributed by atoms with van der Waals surface area (Å²) in [4.78, 5) is 23.4. The fourth-order valence-corrected chi connectivity index (χ4v) is 2.02. The number of nitrogens with zero attached hydrogens (tertiary/aromatic N) is 2. The van der Waals surface area contributed by atoms with Crippen molar-refractivity contribution in [3.8, 4) is 5.75 Å². The zero-order valence-corrected chi connectivity index (χ0v) is 14.1. The summed E-state index contributed by atoms with van der Waals surface area (Å²) >= 11 is 0. The van der Waals surface area contributed by atoms with Crippen LogP contribution >= 0.6 is 0 Å². The van der Waals surface area contributed by atoms with Gasteiger partial charge in [0.05, 0.1) is 24.0 Å². The van der Waals surface area contributed by atoms with Gasteiger partial charge in [0.1, 0.15) is 11.5 Å². The number of benzene rings is 2. The molecular weight excluding hydrogens is 338 g/mol. The molecule has 0 heterocycles. The summed E-state index contributed by atoms with van der Waals surface area (Å²) in [6.45, 7) is 1.30. The van der Waals surface area contributed by atoms with Gasteiger partial charge in [0.15, 0.2) is 5.70 Å². The van der Waals surface area contributed by atoms with Crippen LogP contribution in [0.4, 0.5) is 11.4 Å². The fourth-order valence-electron chi connectivity index (χ4n) is 2.02. The molecule has 0 atom stereocenters. The van der Waals surface area contributed by atoms with Gasteiger partial charge in [-0.2, -0.15) is 5.11 Å². The van der Waals surface area contributed by atoms with Crippen LogP contribution in [-0.2, 0) is 4.79 Å². The van der Waals surface area contributed by atoms with Crippen molar-refractivity contribution < 1.29 is 24.5 Å². The molecular formula is C18H17N3O5. The Bertz CT molecular complexity index is 886. The van der Waals surface area contributed by atoms with Crippen molar-refractivity contribution in [3.05, 3.63) is 65.6 Å². The third-order valence-corrected chi connectivity index (χ3v) is 3.27. The number of anilines is 1. The van der Waals surface area contributed by atoms with Crippen molar-refractivity contribution in [1.29, 1.82) is 0 Å². The number of carboxylic acid groups (broad SMARTS) is 1. The molecule has 0 bridgehead atoms. The van der Waals surface area contributed by atoms with Crippen molar-refractivity contribution >= 4 is 23.3 Å². The largest absolute Gasteiger partial charge is 0.510 e. The molecule has 0 unspecified atom stereocenters. The van der Waals surface area contributed by atoms with Crippen LogP contribution in [0.5, 0.6) is 5.75 Å². The lowest BCUT2D eigenvalue weighted by molar-refractivity contribution is -0.113. The maximum Gasteiger partial charge on any atom is 0.335 e. The summed E-state index contributed by atoms with van der Waals surface area (Å²) < 4.78 is 5.15. The number of allylic oxidation sites excluding steroid dienone is 1. The monoisotopic (exact) mass is 355 g/mol.